The third kappa shape index (κ3) is 9.40. The summed E-state index contributed by atoms with van der Waals surface area (Å²) in [6.45, 7) is 4.12. The molecule has 1 fully saturated rings. The van der Waals surface area contributed by atoms with Gasteiger partial charge in [-0.1, -0.05) is 54.6 Å². The molecule has 0 atom stereocenters. The van der Waals surface area contributed by atoms with Crippen molar-refractivity contribution in [1.82, 2.24) is 9.62 Å². The smallest absolute Gasteiger partial charge is 0.335 e. The molecule has 0 aliphatic carbocycles. The van der Waals surface area contributed by atoms with Crippen LogP contribution in [0.4, 0.5) is 17.1 Å². The van der Waals surface area contributed by atoms with Crippen LogP contribution in [-0.2, 0) is 16.6 Å². The summed E-state index contributed by atoms with van der Waals surface area (Å²) in [5.41, 5.74) is 3.97. The predicted molar refractivity (Wildman–Crippen MR) is 206 cm³/mol. The molecule has 12 nitrogen and oxygen atoms in total. The lowest BCUT2D eigenvalue weighted by Crippen LogP contribution is -2.46. The van der Waals surface area contributed by atoms with Crippen molar-refractivity contribution in [2.75, 3.05) is 48.7 Å². The summed E-state index contributed by atoms with van der Waals surface area (Å²) in [5.74, 6) is -1.18. The Morgan fingerprint density at radius 1 is 0.811 bits per heavy atom. The van der Waals surface area contributed by atoms with Gasteiger partial charge in [-0.2, -0.15) is 0 Å². The third-order valence-electron chi connectivity index (χ3n) is 8.83. The molecule has 1 amide bonds. The summed E-state index contributed by atoms with van der Waals surface area (Å²) in [6, 6.07) is 34.8. The minimum atomic E-state index is -4.41. The zero-order valence-corrected chi connectivity index (χ0v) is 30.2. The van der Waals surface area contributed by atoms with Crippen LogP contribution in [0.15, 0.2) is 131 Å². The number of hydrogen-bond donors (Lipinski definition) is 3. The third-order valence-corrected chi connectivity index (χ3v) is 11.2. The van der Waals surface area contributed by atoms with E-state index in [0.717, 1.165) is 59.5 Å². The van der Waals surface area contributed by atoms with Crippen LogP contribution in [0.2, 0.25) is 0 Å². The number of benzene rings is 5. The summed E-state index contributed by atoms with van der Waals surface area (Å²) < 4.78 is 28.3. The number of nitro benzene ring substituents is 1. The molecule has 0 radical (unpaired) electrons. The average Bonchev–Trinajstić information content (AvgIpc) is 3.17. The zero-order valence-electron chi connectivity index (χ0n) is 28.6. The Hall–Kier alpha value is -5.70. The monoisotopic (exact) mass is 751 g/mol. The largest absolute Gasteiger partial charge is 0.478 e. The van der Waals surface area contributed by atoms with E-state index in [1.807, 2.05) is 59.3 Å². The molecule has 1 heterocycles. The van der Waals surface area contributed by atoms with Crippen molar-refractivity contribution in [3.05, 3.63) is 148 Å². The summed E-state index contributed by atoms with van der Waals surface area (Å²) in [6.07, 6.45) is 0. The van der Waals surface area contributed by atoms with Crippen LogP contribution in [0.1, 0.15) is 26.3 Å². The Bertz CT molecular complexity index is 2210. The van der Waals surface area contributed by atoms with Crippen LogP contribution in [-0.4, -0.2) is 73.7 Å². The lowest BCUT2D eigenvalue weighted by molar-refractivity contribution is -0.384. The molecule has 0 bridgehead atoms. The number of sulfonamides is 1. The fraction of sp³-hybridized carbons (Fsp3) is 0.179. The number of nitrogens with zero attached hydrogens (tertiary/aromatic N) is 3. The van der Waals surface area contributed by atoms with Gasteiger partial charge >= 0.3 is 5.97 Å². The van der Waals surface area contributed by atoms with Crippen molar-refractivity contribution in [2.24, 2.45) is 0 Å². The van der Waals surface area contributed by atoms with E-state index in [-0.39, 0.29) is 16.8 Å². The first kappa shape index (κ1) is 37.1. The van der Waals surface area contributed by atoms with Gasteiger partial charge in [-0.25, -0.2) is 17.9 Å². The first-order valence-corrected chi connectivity index (χ1v) is 19.3. The number of rotatable bonds is 14. The van der Waals surface area contributed by atoms with E-state index in [2.05, 4.69) is 21.2 Å². The zero-order chi connectivity index (χ0) is 37.4. The molecule has 0 aromatic heterocycles. The van der Waals surface area contributed by atoms with Crippen LogP contribution in [0.5, 0.6) is 0 Å². The Labute approximate surface area is 311 Å². The van der Waals surface area contributed by atoms with E-state index in [1.54, 1.807) is 54.2 Å². The molecule has 0 saturated carbocycles. The number of carbonyl (C=O) groups is 2. The fourth-order valence-electron chi connectivity index (χ4n) is 6.08. The second-order valence-corrected chi connectivity index (χ2v) is 15.2. The lowest BCUT2D eigenvalue weighted by atomic mass is 9.97. The minimum Gasteiger partial charge on any atom is -0.478 e. The fourth-order valence-corrected chi connectivity index (χ4v) is 7.86. The maximum Gasteiger partial charge on any atom is 0.335 e. The molecule has 3 N–H and O–H groups in total. The standard InChI is InChI=1S/C39H37N5O7S2/c45-38(41-53(50,51)34-17-18-36(37(26-34)44(48)49)40-19-24-52-33-10-2-1-3-11-33)28-13-15-32(16-14-28)43-22-20-42(21-23-43)27-31-7-4-5-12-35(31)29-8-6-9-30(25-29)39(46)47/h1-18,25-26,40H,19-24,27H2,(H,41,45)(H,46,47). The number of hydrogen-bond acceptors (Lipinski definition) is 10. The number of carboxylic acids is 1. The van der Waals surface area contributed by atoms with E-state index < -0.39 is 37.4 Å². The Morgan fingerprint density at radius 2 is 1.53 bits per heavy atom. The van der Waals surface area contributed by atoms with Crippen molar-refractivity contribution in [3.8, 4) is 11.1 Å². The van der Waals surface area contributed by atoms with Crippen molar-refractivity contribution < 1.29 is 28.0 Å². The molecule has 14 heteroatoms. The van der Waals surface area contributed by atoms with Crippen LogP contribution in [0, 0.1) is 10.1 Å². The van der Waals surface area contributed by atoms with E-state index in [4.69, 9.17) is 0 Å². The average molecular weight is 752 g/mol. The van der Waals surface area contributed by atoms with Gasteiger partial charge < -0.3 is 15.3 Å². The second-order valence-electron chi connectivity index (χ2n) is 12.3. The number of anilines is 2. The van der Waals surface area contributed by atoms with Gasteiger partial charge in [-0.05, 0) is 77.4 Å². The summed E-state index contributed by atoms with van der Waals surface area (Å²) in [5, 5.41) is 24.3. The highest BCUT2D eigenvalue weighted by Crippen LogP contribution is 2.29. The van der Waals surface area contributed by atoms with E-state index in [0.29, 0.717) is 18.8 Å². The molecule has 5 aromatic rings. The van der Waals surface area contributed by atoms with Crippen molar-refractivity contribution in [3.63, 3.8) is 0 Å². The number of nitro groups is 1. The van der Waals surface area contributed by atoms with Crippen molar-refractivity contribution >= 4 is 50.7 Å². The highest BCUT2D eigenvalue weighted by molar-refractivity contribution is 7.99. The quantitative estimate of drug-likeness (QED) is 0.0485. The van der Waals surface area contributed by atoms with Gasteiger partial charge in [0.15, 0.2) is 0 Å². The molecule has 1 aliphatic heterocycles. The topological polar surface area (TPSA) is 162 Å². The van der Waals surface area contributed by atoms with Gasteiger partial charge in [0.05, 0.1) is 15.4 Å². The molecule has 272 valence electrons. The Kier molecular flexibility index (Phi) is 11.7. The normalized spacial score (nSPS) is 13.3. The first-order valence-electron chi connectivity index (χ1n) is 16.8. The Balaban J connectivity index is 1.03. The molecule has 53 heavy (non-hydrogen) atoms. The predicted octanol–water partition coefficient (Wildman–Crippen LogP) is 6.61. The second kappa shape index (κ2) is 16.8. The van der Waals surface area contributed by atoms with Crippen LogP contribution in [0.3, 0.4) is 0 Å². The van der Waals surface area contributed by atoms with Gasteiger partial charge in [0.25, 0.3) is 21.6 Å². The van der Waals surface area contributed by atoms with E-state index in [1.165, 1.54) is 12.1 Å². The number of piperazine rings is 1. The summed E-state index contributed by atoms with van der Waals surface area (Å²) in [7, 11) is -4.41. The molecule has 1 saturated heterocycles. The number of aromatic carboxylic acids is 1. The molecule has 0 unspecified atom stereocenters. The Morgan fingerprint density at radius 3 is 2.25 bits per heavy atom. The number of nitrogens with one attached hydrogen (secondary N) is 2. The SMILES string of the molecule is O=C(O)c1cccc(-c2ccccc2CN2CCN(c3ccc(C(=O)NS(=O)(=O)c4ccc(NCCSc5ccccc5)c([N+](=O)[O-])c4)cc3)CC2)c1. The molecular weight excluding hydrogens is 715 g/mol. The highest BCUT2D eigenvalue weighted by Gasteiger charge is 2.25. The van der Waals surface area contributed by atoms with Gasteiger partial charge in [-0.3, -0.25) is 19.8 Å². The summed E-state index contributed by atoms with van der Waals surface area (Å²) >= 11 is 1.58. The molecule has 6 rings (SSSR count). The highest BCUT2D eigenvalue weighted by atomic mass is 32.2. The lowest BCUT2D eigenvalue weighted by Gasteiger charge is -2.36. The maximum absolute atomic E-state index is 13.1. The number of amides is 1. The number of carboxylic acid groups (broad SMARTS) is 1. The number of carbonyl (C=O) groups excluding carboxylic acids is 1. The van der Waals surface area contributed by atoms with Crippen LogP contribution >= 0.6 is 11.8 Å². The van der Waals surface area contributed by atoms with E-state index >= 15 is 0 Å². The molecule has 1 aliphatic rings. The van der Waals surface area contributed by atoms with E-state index in [9.17, 15) is 33.2 Å². The van der Waals surface area contributed by atoms with Gasteiger partial charge in [0.1, 0.15) is 5.69 Å². The number of thioether (sulfide) groups is 1. The van der Waals surface area contributed by atoms with Crippen molar-refractivity contribution in [2.45, 2.75) is 16.3 Å². The summed E-state index contributed by atoms with van der Waals surface area (Å²) in [4.78, 5) is 40.9. The van der Waals surface area contributed by atoms with Crippen LogP contribution in [0.25, 0.3) is 11.1 Å². The van der Waals surface area contributed by atoms with Crippen LogP contribution < -0.4 is 14.9 Å². The first-order chi connectivity index (χ1) is 25.6. The van der Waals surface area contributed by atoms with Gasteiger partial charge in [0.2, 0.25) is 0 Å². The molecule has 5 aromatic carbocycles. The van der Waals surface area contributed by atoms with Crippen molar-refractivity contribution in [1.29, 1.82) is 0 Å². The molecular formula is C39H37N5O7S2. The van der Waals surface area contributed by atoms with Gasteiger partial charge in [-0.15, -0.1) is 11.8 Å². The maximum atomic E-state index is 13.1. The minimum absolute atomic E-state index is 0.128. The molecule has 0 spiro atoms. The van der Waals surface area contributed by atoms with Gasteiger partial charge in [0, 0.05) is 67.2 Å².